The van der Waals surface area contributed by atoms with Crippen LogP contribution in [0.15, 0.2) is 30.0 Å². The molecule has 0 spiro atoms. The molecule has 1 N–H and O–H groups in total. The van der Waals surface area contributed by atoms with Crippen molar-refractivity contribution in [2.45, 2.75) is 37.9 Å². The average molecular weight is 395 g/mol. The standard InChI is InChI=1S/C17H16F3N5OS/c18-17(19,20)10-2-4-11(5-3-10)23-15(26)13-9-27-16(24-13)12-8-22-25-7-1-6-21-14(12)25/h1,6-11H,2-5H2,(H,23,26). The second-order valence-corrected chi connectivity index (χ2v) is 7.41. The molecule has 0 saturated heterocycles. The highest BCUT2D eigenvalue weighted by Gasteiger charge is 2.41. The number of carbonyl (C=O) groups is 1. The summed E-state index contributed by atoms with van der Waals surface area (Å²) in [4.78, 5) is 21.0. The van der Waals surface area contributed by atoms with Crippen molar-refractivity contribution in [1.29, 1.82) is 0 Å². The van der Waals surface area contributed by atoms with Crippen LogP contribution in [0.25, 0.3) is 16.2 Å². The monoisotopic (exact) mass is 395 g/mol. The Balaban J connectivity index is 1.42. The Labute approximate surface area is 156 Å². The van der Waals surface area contributed by atoms with Crippen LogP contribution in [-0.4, -0.2) is 37.7 Å². The number of rotatable bonds is 3. The van der Waals surface area contributed by atoms with Gasteiger partial charge in [-0.2, -0.15) is 18.3 Å². The van der Waals surface area contributed by atoms with E-state index in [2.05, 4.69) is 20.4 Å². The van der Waals surface area contributed by atoms with Crippen LogP contribution in [0.4, 0.5) is 13.2 Å². The predicted octanol–water partition coefficient (Wildman–Crippen LogP) is 3.70. The second kappa shape index (κ2) is 6.91. The highest BCUT2D eigenvalue weighted by Crippen LogP contribution is 2.37. The van der Waals surface area contributed by atoms with Gasteiger partial charge in [-0.1, -0.05) is 0 Å². The van der Waals surface area contributed by atoms with Gasteiger partial charge in [0, 0.05) is 23.8 Å². The van der Waals surface area contributed by atoms with Gasteiger partial charge in [0.2, 0.25) is 0 Å². The van der Waals surface area contributed by atoms with E-state index in [1.807, 2.05) is 0 Å². The van der Waals surface area contributed by atoms with Gasteiger partial charge in [-0.3, -0.25) is 4.79 Å². The molecule has 6 nitrogen and oxygen atoms in total. The Kier molecular flexibility index (Phi) is 4.58. The van der Waals surface area contributed by atoms with Crippen molar-refractivity contribution in [2.75, 3.05) is 0 Å². The van der Waals surface area contributed by atoms with Crippen LogP contribution in [0.5, 0.6) is 0 Å². The largest absolute Gasteiger partial charge is 0.391 e. The van der Waals surface area contributed by atoms with E-state index in [1.165, 1.54) is 11.3 Å². The van der Waals surface area contributed by atoms with Crippen LogP contribution in [0, 0.1) is 5.92 Å². The molecule has 3 aromatic heterocycles. The van der Waals surface area contributed by atoms with Crippen LogP contribution in [0.2, 0.25) is 0 Å². The second-order valence-electron chi connectivity index (χ2n) is 6.55. The zero-order valence-electron chi connectivity index (χ0n) is 14.1. The number of carbonyl (C=O) groups excluding carboxylic acids is 1. The summed E-state index contributed by atoms with van der Waals surface area (Å²) in [6, 6.07) is 1.51. The maximum atomic E-state index is 12.7. The number of aromatic nitrogens is 4. The maximum absolute atomic E-state index is 12.7. The molecule has 1 aliphatic carbocycles. The lowest BCUT2D eigenvalue weighted by Gasteiger charge is -2.30. The third kappa shape index (κ3) is 3.66. The molecule has 0 radical (unpaired) electrons. The molecule has 0 bridgehead atoms. The summed E-state index contributed by atoms with van der Waals surface area (Å²) in [5.41, 5.74) is 1.62. The molecular formula is C17H16F3N5OS. The minimum absolute atomic E-state index is 0.0465. The lowest BCUT2D eigenvalue weighted by Crippen LogP contribution is -2.40. The fourth-order valence-corrected chi connectivity index (χ4v) is 4.11. The molecule has 3 heterocycles. The van der Waals surface area contributed by atoms with Crippen molar-refractivity contribution < 1.29 is 18.0 Å². The molecule has 27 heavy (non-hydrogen) atoms. The van der Waals surface area contributed by atoms with Crippen molar-refractivity contribution in [3.63, 3.8) is 0 Å². The molecule has 1 saturated carbocycles. The molecule has 3 aromatic rings. The Morgan fingerprint density at radius 2 is 2.04 bits per heavy atom. The van der Waals surface area contributed by atoms with Crippen LogP contribution in [0.1, 0.15) is 36.2 Å². The van der Waals surface area contributed by atoms with Crippen molar-refractivity contribution in [3.05, 3.63) is 35.7 Å². The first-order valence-corrected chi connectivity index (χ1v) is 9.41. The first-order chi connectivity index (χ1) is 12.9. The molecule has 1 amide bonds. The minimum Gasteiger partial charge on any atom is -0.348 e. The summed E-state index contributed by atoms with van der Waals surface area (Å²) in [6.45, 7) is 0. The van der Waals surface area contributed by atoms with Gasteiger partial charge in [-0.15, -0.1) is 11.3 Å². The normalized spacial score (nSPS) is 20.7. The lowest BCUT2D eigenvalue weighted by molar-refractivity contribution is -0.182. The highest BCUT2D eigenvalue weighted by molar-refractivity contribution is 7.13. The van der Waals surface area contributed by atoms with Crippen molar-refractivity contribution >= 4 is 22.9 Å². The summed E-state index contributed by atoms with van der Waals surface area (Å²) in [5, 5.41) is 9.26. The van der Waals surface area contributed by atoms with Gasteiger partial charge in [0.25, 0.3) is 5.91 Å². The summed E-state index contributed by atoms with van der Waals surface area (Å²) in [6.07, 6.45) is 1.65. The Bertz CT molecular complexity index is 959. The van der Waals surface area contributed by atoms with Gasteiger partial charge in [0.1, 0.15) is 10.7 Å². The Morgan fingerprint density at radius 1 is 1.26 bits per heavy atom. The van der Waals surface area contributed by atoms with E-state index in [9.17, 15) is 18.0 Å². The maximum Gasteiger partial charge on any atom is 0.391 e. The van der Waals surface area contributed by atoms with Gasteiger partial charge >= 0.3 is 6.18 Å². The van der Waals surface area contributed by atoms with Gasteiger partial charge < -0.3 is 5.32 Å². The SMILES string of the molecule is O=C(NC1CCC(C(F)(F)F)CC1)c1csc(-c2cnn3cccnc23)n1. The smallest absolute Gasteiger partial charge is 0.348 e. The number of halogens is 3. The third-order valence-electron chi connectivity index (χ3n) is 4.77. The predicted molar refractivity (Wildman–Crippen MR) is 93.4 cm³/mol. The van der Waals surface area contributed by atoms with E-state index in [4.69, 9.17) is 0 Å². The molecule has 0 aliphatic heterocycles. The molecular weight excluding hydrogens is 379 g/mol. The quantitative estimate of drug-likeness (QED) is 0.734. The topological polar surface area (TPSA) is 72.2 Å². The molecule has 1 fully saturated rings. The van der Waals surface area contributed by atoms with Gasteiger partial charge in [-0.25, -0.2) is 14.5 Å². The van der Waals surface area contributed by atoms with Crippen LogP contribution >= 0.6 is 11.3 Å². The summed E-state index contributed by atoms with van der Waals surface area (Å²) >= 11 is 1.30. The zero-order valence-corrected chi connectivity index (χ0v) is 14.9. The van der Waals surface area contributed by atoms with Gasteiger partial charge in [-0.05, 0) is 31.7 Å². The van der Waals surface area contributed by atoms with E-state index < -0.39 is 12.1 Å². The van der Waals surface area contributed by atoms with Crippen molar-refractivity contribution in [3.8, 4) is 10.6 Å². The third-order valence-corrected chi connectivity index (χ3v) is 5.65. The van der Waals surface area contributed by atoms with E-state index in [1.54, 1.807) is 34.6 Å². The molecule has 4 rings (SSSR count). The molecule has 0 aromatic carbocycles. The van der Waals surface area contributed by atoms with Crippen molar-refractivity contribution in [2.24, 2.45) is 5.92 Å². The van der Waals surface area contributed by atoms with E-state index in [0.29, 0.717) is 23.5 Å². The number of hydrogen-bond donors (Lipinski definition) is 1. The fraction of sp³-hybridized carbons (Fsp3) is 0.412. The summed E-state index contributed by atoms with van der Waals surface area (Å²) in [7, 11) is 0. The van der Waals surface area contributed by atoms with E-state index in [0.717, 1.165) is 5.56 Å². The minimum atomic E-state index is -4.15. The first kappa shape index (κ1) is 17.9. The molecule has 1 aliphatic rings. The number of thiazole rings is 1. The average Bonchev–Trinajstić information content (AvgIpc) is 3.28. The lowest BCUT2D eigenvalue weighted by atomic mass is 9.85. The number of nitrogens with one attached hydrogen (secondary N) is 1. The Hall–Kier alpha value is -2.49. The molecule has 0 unspecified atom stereocenters. The highest BCUT2D eigenvalue weighted by atomic mass is 32.1. The zero-order chi connectivity index (χ0) is 19.0. The van der Waals surface area contributed by atoms with Gasteiger partial charge in [0.15, 0.2) is 5.65 Å². The summed E-state index contributed by atoms with van der Waals surface area (Å²) < 4.78 is 39.8. The van der Waals surface area contributed by atoms with E-state index >= 15 is 0 Å². The fourth-order valence-electron chi connectivity index (χ4n) is 3.30. The van der Waals surface area contributed by atoms with Crippen LogP contribution in [0.3, 0.4) is 0 Å². The van der Waals surface area contributed by atoms with E-state index in [-0.39, 0.29) is 30.5 Å². The number of alkyl halides is 3. The number of hydrogen-bond acceptors (Lipinski definition) is 5. The Morgan fingerprint density at radius 3 is 2.78 bits per heavy atom. The molecule has 0 atom stereocenters. The number of fused-ring (bicyclic) bond motifs is 1. The molecule has 10 heteroatoms. The number of nitrogens with zero attached hydrogens (tertiary/aromatic N) is 4. The molecule has 142 valence electrons. The number of amides is 1. The van der Waals surface area contributed by atoms with Crippen LogP contribution in [-0.2, 0) is 0 Å². The van der Waals surface area contributed by atoms with Crippen LogP contribution < -0.4 is 5.32 Å². The van der Waals surface area contributed by atoms with Gasteiger partial charge in [0.05, 0.1) is 17.7 Å². The summed E-state index contributed by atoms with van der Waals surface area (Å²) in [5.74, 6) is -1.63. The van der Waals surface area contributed by atoms with Crippen molar-refractivity contribution in [1.82, 2.24) is 24.9 Å². The first-order valence-electron chi connectivity index (χ1n) is 8.53.